The van der Waals surface area contributed by atoms with Gasteiger partial charge >= 0.3 is 0 Å². The van der Waals surface area contributed by atoms with Gasteiger partial charge in [0, 0.05) is 5.56 Å². The van der Waals surface area contributed by atoms with Crippen molar-refractivity contribution in [2.75, 3.05) is 5.73 Å². The monoisotopic (exact) mass is 324 g/mol. The number of nitrogens with zero attached hydrogens (tertiary/aromatic N) is 1. The lowest BCUT2D eigenvalue weighted by Gasteiger charge is -2.16. The first-order valence-electron chi connectivity index (χ1n) is 8.27. The average molecular weight is 324 g/mol. The fourth-order valence-electron chi connectivity index (χ4n) is 3.48. The molecule has 0 aliphatic rings. The van der Waals surface area contributed by atoms with Crippen LogP contribution in [0.5, 0.6) is 0 Å². The molecule has 0 atom stereocenters. The van der Waals surface area contributed by atoms with E-state index >= 15 is 0 Å². The summed E-state index contributed by atoms with van der Waals surface area (Å²) >= 11 is 1.58. The molecule has 23 heavy (non-hydrogen) atoms. The predicted molar refractivity (Wildman–Crippen MR) is 102 cm³/mol. The third kappa shape index (κ3) is 2.98. The highest BCUT2D eigenvalue weighted by Crippen LogP contribution is 2.39. The number of unbranched alkanes of at least 4 members (excludes halogenated alkanes) is 1. The van der Waals surface area contributed by atoms with Crippen LogP contribution in [0.4, 0.5) is 5.13 Å². The summed E-state index contributed by atoms with van der Waals surface area (Å²) in [6, 6.07) is 8.97. The van der Waals surface area contributed by atoms with Crippen LogP contribution in [0.25, 0.3) is 21.3 Å². The van der Waals surface area contributed by atoms with Crippen molar-refractivity contribution in [3.8, 4) is 11.1 Å². The summed E-state index contributed by atoms with van der Waals surface area (Å²) in [5, 5.41) is 0.649. The molecule has 1 aromatic heterocycles. The molecule has 3 rings (SSSR count). The molecule has 2 N–H and O–H groups in total. The smallest absolute Gasteiger partial charge is 0.181 e. The highest BCUT2D eigenvalue weighted by atomic mass is 32.1. The van der Waals surface area contributed by atoms with Gasteiger partial charge in [-0.05, 0) is 61.9 Å². The van der Waals surface area contributed by atoms with Crippen LogP contribution in [0.15, 0.2) is 24.3 Å². The van der Waals surface area contributed by atoms with Crippen LogP contribution in [0, 0.1) is 20.8 Å². The molecule has 3 heteroatoms. The number of rotatable bonds is 4. The Hall–Kier alpha value is -1.87. The number of nitrogens with two attached hydrogens (primary N) is 1. The molecule has 0 aliphatic heterocycles. The molecule has 0 radical (unpaired) electrons. The van der Waals surface area contributed by atoms with E-state index in [2.05, 4.69) is 56.9 Å². The Morgan fingerprint density at radius 1 is 1.04 bits per heavy atom. The molecule has 0 saturated carbocycles. The third-order valence-corrected chi connectivity index (χ3v) is 5.24. The molecule has 0 bridgehead atoms. The van der Waals surface area contributed by atoms with E-state index in [0.717, 1.165) is 11.9 Å². The molecule has 0 amide bonds. The molecular weight excluding hydrogens is 300 g/mol. The quantitative estimate of drug-likeness (QED) is 0.657. The maximum Gasteiger partial charge on any atom is 0.181 e. The van der Waals surface area contributed by atoms with E-state index in [1.165, 1.54) is 50.9 Å². The van der Waals surface area contributed by atoms with Crippen LogP contribution in [0.2, 0.25) is 0 Å². The van der Waals surface area contributed by atoms with Gasteiger partial charge in [-0.3, -0.25) is 0 Å². The minimum absolute atomic E-state index is 0.649. The summed E-state index contributed by atoms with van der Waals surface area (Å²) in [5.41, 5.74) is 15.0. The zero-order chi connectivity index (χ0) is 16.6. The Bertz CT molecular complexity index is 838. The summed E-state index contributed by atoms with van der Waals surface area (Å²) in [6.07, 6.45) is 3.48. The number of aryl methyl sites for hydroxylation is 4. The Morgan fingerprint density at radius 2 is 1.74 bits per heavy atom. The standard InChI is InChI=1S/C20H24N2S/c1-5-6-7-15-8-9-16-19(22-20(21)23-16)18(15)17-13(3)10-12(2)11-14(17)4/h8-11H,5-7H2,1-4H3,(H2,21,22). The van der Waals surface area contributed by atoms with E-state index in [4.69, 9.17) is 5.73 Å². The minimum atomic E-state index is 0.649. The first kappa shape index (κ1) is 16.0. The van der Waals surface area contributed by atoms with Crippen LogP contribution in [0.3, 0.4) is 0 Å². The zero-order valence-corrected chi connectivity index (χ0v) is 15.2. The van der Waals surface area contributed by atoms with Crippen molar-refractivity contribution in [1.82, 2.24) is 4.98 Å². The van der Waals surface area contributed by atoms with Gasteiger partial charge in [0.25, 0.3) is 0 Å². The average Bonchev–Trinajstić information content (AvgIpc) is 2.85. The zero-order valence-electron chi connectivity index (χ0n) is 14.4. The number of fused-ring (bicyclic) bond motifs is 1. The van der Waals surface area contributed by atoms with Gasteiger partial charge in [0.1, 0.15) is 0 Å². The second-order valence-electron chi connectivity index (χ2n) is 6.38. The number of nitrogen functional groups attached to an aromatic ring is 1. The molecule has 2 aromatic carbocycles. The van der Waals surface area contributed by atoms with Crippen molar-refractivity contribution in [3.63, 3.8) is 0 Å². The summed E-state index contributed by atoms with van der Waals surface area (Å²) in [4.78, 5) is 4.66. The lowest BCUT2D eigenvalue weighted by Crippen LogP contribution is -1.97. The maximum atomic E-state index is 6.00. The first-order chi connectivity index (χ1) is 11.0. The van der Waals surface area contributed by atoms with Crippen molar-refractivity contribution in [2.45, 2.75) is 47.0 Å². The number of hydrogen-bond donors (Lipinski definition) is 1. The fraction of sp³-hybridized carbons (Fsp3) is 0.350. The summed E-state index contributed by atoms with van der Waals surface area (Å²) in [5.74, 6) is 0. The van der Waals surface area contributed by atoms with E-state index in [0.29, 0.717) is 5.13 Å². The topological polar surface area (TPSA) is 38.9 Å². The van der Waals surface area contributed by atoms with Gasteiger partial charge in [-0.2, -0.15) is 0 Å². The van der Waals surface area contributed by atoms with Crippen LogP contribution < -0.4 is 5.73 Å². The lowest BCUT2D eigenvalue weighted by molar-refractivity contribution is 0.796. The molecule has 0 aliphatic carbocycles. The van der Waals surface area contributed by atoms with Crippen LogP contribution >= 0.6 is 11.3 Å². The molecular formula is C20H24N2S. The molecule has 0 spiro atoms. The van der Waals surface area contributed by atoms with Gasteiger partial charge in [-0.15, -0.1) is 0 Å². The van der Waals surface area contributed by atoms with Gasteiger partial charge in [0.15, 0.2) is 5.13 Å². The van der Waals surface area contributed by atoms with Gasteiger partial charge in [-0.25, -0.2) is 4.98 Å². The Labute approximate surface area is 142 Å². The fourth-order valence-corrected chi connectivity index (χ4v) is 4.22. The van der Waals surface area contributed by atoms with E-state index in [-0.39, 0.29) is 0 Å². The molecule has 0 fully saturated rings. The van der Waals surface area contributed by atoms with Crippen LogP contribution in [0.1, 0.15) is 42.0 Å². The molecule has 1 heterocycles. The summed E-state index contributed by atoms with van der Waals surface area (Å²) in [7, 11) is 0. The van der Waals surface area contributed by atoms with Crippen molar-refractivity contribution >= 4 is 26.7 Å². The molecule has 0 saturated heterocycles. The first-order valence-corrected chi connectivity index (χ1v) is 9.09. The Kier molecular flexibility index (Phi) is 4.40. The number of thiazole rings is 1. The van der Waals surface area contributed by atoms with Crippen molar-refractivity contribution in [3.05, 3.63) is 46.5 Å². The molecule has 120 valence electrons. The SMILES string of the molecule is CCCCc1ccc2sc(N)nc2c1-c1c(C)cc(C)cc1C. The second kappa shape index (κ2) is 6.32. The largest absolute Gasteiger partial charge is 0.375 e. The van der Waals surface area contributed by atoms with E-state index in [1.807, 2.05) is 0 Å². The maximum absolute atomic E-state index is 6.00. The predicted octanol–water partition coefficient (Wildman–Crippen LogP) is 5.81. The highest BCUT2D eigenvalue weighted by Gasteiger charge is 2.17. The number of benzene rings is 2. The van der Waals surface area contributed by atoms with Gasteiger partial charge in [-0.1, -0.05) is 48.4 Å². The molecule has 2 nitrogen and oxygen atoms in total. The van der Waals surface area contributed by atoms with Crippen LogP contribution in [-0.2, 0) is 6.42 Å². The number of anilines is 1. The van der Waals surface area contributed by atoms with E-state index in [9.17, 15) is 0 Å². The third-order valence-electron chi connectivity index (χ3n) is 4.39. The normalized spacial score (nSPS) is 11.3. The van der Waals surface area contributed by atoms with Gasteiger partial charge < -0.3 is 5.73 Å². The summed E-state index contributed by atoms with van der Waals surface area (Å²) < 4.78 is 1.18. The Morgan fingerprint density at radius 3 is 2.39 bits per heavy atom. The van der Waals surface area contributed by atoms with Crippen molar-refractivity contribution in [2.24, 2.45) is 0 Å². The van der Waals surface area contributed by atoms with E-state index < -0.39 is 0 Å². The van der Waals surface area contributed by atoms with Crippen molar-refractivity contribution in [1.29, 1.82) is 0 Å². The molecule has 0 unspecified atom stereocenters. The van der Waals surface area contributed by atoms with Gasteiger partial charge in [0.2, 0.25) is 0 Å². The Balaban J connectivity index is 2.33. The number of hydrogen-bond acceptors (Lipinski definition) is 3. The molecule has 3 aromatic rings. The van der Waals surface area contributed by atoms with E-state index in [1.54, 1.807) is 11.3 Å². The number of aromatic nitrogens is 1. The summed E-state index contributed by atoms with van der Waals surface area (Å²) in [6.45, 7) is 8.80. The van der Waals surface area contributed by atoms with Crippen molar-refractivity contribution < 1.29 is 0 Å². The van der Waals surface area contributed by atoms with Crippen LogP contribution in [-0.4, -0.2) is 4.98 Å². The minimum Gasteiger partial charge on any atom is -0.375 e. The lowest BCUT2D eigenvalue weighted by atomic mass is 9.88. The van der Waals surface area contributed by atoms with Gasteiger partial charge in [0.05, 0.1) is 10.2 Å². The highest BCUT2D eigenvalue weighted by molar-refractivity contribution is 7.22. The second-order valence-corrected chi connectivity index (χ2v) is 7.44.